The molecule has 1 atom stereocenters. The van der Waals surface area contributed by atoms with Crippen molar-refractivity contribution in [3.8, 4) is 0 Å². The van der Waals surface area contributed by atoms with Gasteiger partial charge in [-0.1, -0.05) is 35.5 Å². The molecule has 4 heteroatoms. The molecule has 2 rings (SSSR count). The first-order chi connectivity index (χ1) is 8.25. The van der Waals surface area contributed by atoms with Crippen LogP contribution < -0.4 is 0 Å². The topological polar surface area (TPSA) is 63.3 Å². The summed E-state index contributed by atoms with van der Waals surface area (Å²) >= 11 is 0. The number of hydrogen-bond donors (Lipinski definition) is 1. The van der Waals surface area contributed by atoms with Gasteiger partial charge < -0.3 is 9.63 Å². The van der Waals surface area contributed by atoms with Gasteiger partial charge in [0.25, 0.3) is 0 Å². The maximum absolute atomic E-state index is 11.2. The van der Waals surface area contributed by atoms with E-state index in [4.69, 9.17) is 4.52 Å². The van der Waals surface area contributed by atoms with Crippen molar-refractivity contribution in [1.82, 2.24) is 5.16 Å². The Hall–Kier alpha value is -2.10. The molecule has 0 aliphatic rings. The number of carboxylic acids is 1. The summed E-state index contributed by atoms with van der Waals surface area (Å²) in [5, 5.41) is 12.8. The van der Waals surface area contributed by atoms with E-state index in [1.165, 1.54) is 6.26 Å². The van der Waals surface area contributed by atoms with Crippen LogP contribution in [-0.2, 0) is 17.6 Å². The van der Waals surface area contributed by atoms with E-state index in [0.717, 1.165) is 11.1 Å². The van der Waals surface area contributed by atoms with Gasteiger partial charge in [-0.3, -0.25) is 4.79 Å². The second-order valence-corrected chi connectivity index (χ2v) is 3.96. The van der Waals surface area contributed by atoms with Crippen LogP contribution in [0.25, 0.3) is 0 Å². The van der Waals surface area contributed by atoms with Gasteiger partial charge in [0, 0.05) is 5.56 Å². The first kappa shape index (κ1) is 11.4. The predicted molar refractivity (Wildman–Crippen MR) is 61.5 cm³/mol. The molecule has 1 N–H and O–H groups in total. The van der Waals surface area contributed by atoms with Gasteiger partial charge in [0.2, 0.25) is 0 Å². The lowest BCUT2D eigenvalue weighted by molar-refractivity contribution is -0.141. The number of aromatic nitrogens is 1. The van der Waals surface area contributed by atoms with Crippen molar-refractivity contribution < 1.29 is 14.4 Å². The van der Waals surface area contributed by atoms with Crippen molar-refractivity contribution in [2.45, 2.75) is 12.8 Å². The van der Waals surface area contributed by atoms with Crippen molar-refractivity contribution in [2.24, 2.45) is 5.92 Å². The average Bonchev–Trinajstić information content (AvgIpc) is 2.82. The van der Waals surface area contributed by atoms with Gasteiger partial charge in [0.1, 0.15) is 6.26 Å². The minimum atomic E-state index is -0.796. The van der Waals surface area contributed by atoms with Crippen molar-refractivity contribution in [3.63, 3.8) is 0 Å². The summed E-state index contributed by atoms with van der Waals surface area (Å²) in [6.07, 6.45) is 4.00. The Morgan fingerprint density at radius 1 is 1.24 bits per heavy atom. The second-order valence-electron chi connectivity index (χ2n) is 3.96. The van der Waals surface area contributed by atoms with Crippen LogP contribution in [-0.4, -0.2) is 16.2 Å². The fourth-order valence-electron chi connectivity index (χ4n) is 1.76. The highest BCUT2D eigenvalue weighted by atomic mass is 16.5. The third kappa shape index (κ3) is 3.17. The summed E-state index contributed by atoms with van der Waals surface area (Å²) in [6.45, 7) is 0. The van der Waals surface area contributed by atoms with Gasteiger partial charge in [-0.05, 0) is 18.4 Å². The van der Waals surface area contributed by atoms with Crippen molar-refractivity contribution in [2.75, 3.05) is 0 Å². The molecule has 0 bridgehead atoms. The molecule has 0 aliphatic heterocycles. The second kappa shape index (κ2) is 5.30. The van der Waals surface area contributed by atoms with Crippen molar-refractivity contribution >= 4 is 5.97 Å². The normalized spacial score (nSPS) is 12.2. The van der Waals surface area contributed by atoms with Crippen LogP contribution in [0.2, 0.25) is 0 Å². The quantitative estimate of drug-likeness (QED) is 0.856. The number of aliphatic carboxylic acids is 1. The SMILES string of the molecule is O=C(O)C(Cc1ccccc1)Cc1cnoc1. The molecule has 0 aliphatic carbocycles. The highest BCUT2D eigenvalue weighted by Crippen LogP contribution is 2.14. The minimum absolute atomic E-state index is 0.438. The molecule has 4 nitrogen and oxygen atoms in total. The monoisotopic (exact) mass is 231 g/mol. The molecule has 0 radical (unpaired) electrons. The molecule has 88 valence electrons. The smallest absolute Gasteiger partial charge is 0.307 e. The zero-order valence-electron chi connectivity index (χ0n) is 9.24. The average molecular weight is 231 g/mol. The summed E-state index contributed by atoms with van der Waals surface area (Å²) in [5.41, 5.74) is 1.84. The van der Waals surface area contributed by atoms with Gasteiger partial charge in [-0.15, -0.1) is 0 Å². The number of nitrogens with zero attached hydrogens (tertiary/aromatic N) is 1. The predicted octanol–water partition coefficient (Wildman–Crippen LogP) is 2.16. The molecular weight excluding hydrogens is 218 g/mol. The van der Waals surface area contributed by atoms with Gasteiger partial charge in [0.05, 0.1) is 12.1 Å². The summed E-state index contributed by atoms with van der Waals surface area (Å²) in [4.78, 5) is 11.2. The van der Waals surface area contributed by atoms with E-state index in [1.54, 1.807) is 6.20 Å². The molecule has 1 aromatic heterocycles. The van der Waals surface area contributed by atoms with Crippen LogP contribution in [0.4, 0.5) is 0 Å². The summed E-state index contributed by atoms with van der Waals surface area (Å²) < 4.78 is 4.70. The standard InChI is InChI=1S/C13H13NO3/c15-13(16)12(7-11-8-14-17-9-11)6-10-4-2-1-3-5-10/h1-5,8-9,12H,6-7H2,(H,15,16). The van der Waals surface area contributed by atoms with E-state index in [-0.39, 0.29) is 0 Å². The van der Waals surface area contributed by atoms with Crippen LogP contribution in [0.1, 0.15) is 11.1 Å². The number of hydrogen-bond acceptors (Lipinski definition) is 3. The number of benzene rings is 1. The van der Waals surface area contributed by atoms with Crippen LogP contribution in [0, 0.1) is 5.92 Å². The molecule has 17 heavy (non-hydrogen) atoms. The van der Waals surface area contributed by atoms with Crippen LogP contribution in [0.5, 0.6) is 0 Å². The van der Waals surface area contributed by atoms with E-state index < -0.39 is 11.9 Å². The van der Waals surface area contributed by atoms with Crippen LogP contribution in [0.15, 0.2) is 47.3 Å². The molecular formula is C13H13NO3. The summed E-state index contributed by atoms with van der Waals surface area (Å²) in [6, 6.07) is 9.60. The van der Waals surface area contributed by atoms with Crippen molar-refractivity contribution in [1.29, 1.82) is 0 Å². The Morgan fingerprint density at radius 2 is 1.94 bits per heavy atom. The first-order valence-corrected chi connectivity index (χ1v) is 5.40. The fraction of sp³-hybridized carbons (Fsp3) is 0.231. The molecule has 1 heterocycles. The van der Waals surface area contributed by atoms with Gasteiger partial charge in [-0.2, -0.15) is 0 Å². The van der Waals surface area contributed by atoms with Crippen molar-refractivity contribution in [3.05, 3.63) is 53.9 Å². The molecule has 0 saturated carbocycles. The highest BCUT2D eigenvalue weighted by Gasteiger charge is 2.19. The molecule has 0 spiro atoms. The molecule has 0 saturated heterocycles. The fourth-order valence-corrected chi connectivity index (χ4v) is 1.76. The molecule has 0 fully saturated rings. The number of rotatable bonds is 5. The maximum Gasteiger partial charge on any atom is 0.307 e. The Kier molecular flexibility index (Phi) is 3.55. The van der Waals surface area contributed by atoms with E-state index in [0.29, 0.717) is 12.8 Å². The Labute approximate surface area is 98.9 Å². The first-order valence-electron chi connectivity index (χ1n) is 5.40. The molecule has 0 amide bonds. The third-order valence-corrected chi connectivity index (χ3v) is 2.64. The van der Waals surface area contributed by atoms with Crippen LogP contribution >= 0.6 is 0 Å². The van der Waals surface area contributed by atoms with E-state index in [1.807, 2.05) is 30.3 Å². The maximum atomic E-state index is 11.2. The Balaban J connectivity index is 2.06. The molecule has 2 aromatic rings. The lowest BCUT2D eigenvalue weighted by atomic mass is 9.94. The Bertz CT molecular complexity index is 465. The van der Waals surface area contributed by atoms with Crippen LogP contribution in [0.3, 0.4) is 0 Å². The molecule has 1 aromatic carbocycles. The van der Waals surface area contributed by atoms with Gasteiger partial charge >= 0.3 is 5.97 Å². The van der Waals surface area contributed by atoms with Gasteiger partial charge in [-0.25, -0.2) is 0 Å². The molecule has 1 unspecified atom stereocenters. The number of carboxylic acid groups (broad SMARTS) is 1. The minimum Gasteiger partial charge on any atom is -0.481 e. The Morgan fingerprint density at radius 3 is 2.53 bits per heavy atom. The summed E-state index contributed by atoms with van der Waals surface area (Å²) in [7, 11) is 0. The van der Waals surface area contributed by atoms with E-state index in [9.17, 15) is 9.90 Å². The highest BCUT2D eigenvalue weighted by molar-refractivity contribution is 5.70. The van der Waals surface area contributed by atoms with E-state index >= 15 is 0 Å². The van der Waals surface area contributed by atoms with Gasteiger partial charge in [0.15, 0.2) is 0 Å². The zero-order valence-corrected chi connectivity index (χ0v) is 9.24. The third-order valence-electron chi connectivity index (χ3n) is 2.64. The lowest BCUT2D eigenvalue weighted by Crippen LogP contribution is -2.18. The zero-order chi connectivity index (χ0) is 12.1. The number of carbonyl (C=O) groups is 1. The lowest BCUT2D eigenvalue weighted by Gasteiger charge is -2.10. The largest absolute Gasteiger partial charge is 0.481 e. The van der Waals surface area contributed by atoms with E-state index in [2.05, 4.69) is 5.16 Å². The summed E-state index contributed by atoms with van der Waals surface area (Å²) in [5.74, 6) is -1.24.